The highest BCUT2D eigenvalue weighted by molar-refractivity contribution is 6.32. The van der Waals surface area contributed by atoms with Crippen molar-refractivity contribution < 1.29 is 17.7 Å². The first-order valence-electron chi connectivity index (χ1n) is 49.8. The Hall–Kier alpha value is -19.0. The Balaban J connectivity index is 0.000000106. The quantitative estimate of drug-likeness (QED) is 0.0957. The Morgan fingerprint density at radius 3 is 0.869 bits per heavy atom. The molecule has 0 bridgehead atoms. The fourth-order valence-electron chi connectivity index (χ4n) is 23.5. The zero-order valence-corrected chi connectivity index (χ0v) is 79.2. The van der Waals surface area contributed by atoms with Crippen LogP contribution in [0.25, 0.3) is 296 Å². The van der Waals surface area contributed by atoms with E-state index in [9.17, 15) is 0 Å². The van der Waals surface area contributed by atoms with Crippen LogP contribution in [0.4, 0.5) is 0 Å². The summed E-state index contributed by atoms with van der Waals surface area (Å²) in [5.41, 5.74) is 34.7. The Morgan fingerprint density at radius 2 is 0.414 bits per heavy atom. The predicted molar refractivity (Wildman–Crippen MR) is 613 cm³/mol. The largest absolute Gasteiger partial charge is 0.456 e. The molecule has 0 aliphatic carbocycles. The number of hydrogen-bond donors (Lipinski definition) is 0. The van der Waals surface area contributed by atoms with Gasteiger partial charge in [-0.05, 0) is 266 Å². The summed E-state index contributed by atoms with van der Waals surface area (Å²) in [6.45, 7) is 2.15. The van der Waals surface area contributed by atoms with Crippen LogP contribution in [0.3, 0.4) is 0 Å². The molecular weight excluding hydrogens is 1760 g/mol. The molecule has 0 saturated heterocycles. The maximum absolute atomic E-state index is 6.89. The second-order valence-corrected chi connectivity index (χ2v) is 38.0. The Morgan fingerprint density at radius 1 is 0.124 bits per heavy atom. The fourth-order valence-corrected chi connectivity index (χ4v) is 23.5. The molecule has 0 spiro atoms. The summed E-state index contributed by atoms with van der Waals surface area (Å²) < 4.78 is 26.7. The van der Waals surface area contributed by atoms with Crippen molar-refractivity contribution in [1.29, 1.82) is 0 Å². The summed E-state index contributed by atoms with van der Waals surface area (Å²) in [6, 6.07) is 185. The summed E-state index contributed by atoms with van der Waals surface area (Å²) >= 11 is 0. The molecule has 0 radical (unpaired) electrons. The lowest BCUT2D eigenvalue weighted by Gasteiger charge is -2.19. The third kappa shape index (κ3) is 14.0. The number of para-hydroxylation sites is 4. The highest BCUT2D eigenvalue weighted by Gasteiger charge is 2.30. The van der Waals surface area contributed by atoms with E-state index in [1.165, 1.54) is 181 Å². The molecule has 0 atom stereocenters. The molecule has 4 heteroatoms. The molecule has 4 heterocycles. The van der Waals surface area contributed by atoms with Gasteiger partial charge in [0.2, 0.25) is 0 Å². The third-order valence-electron chi connectivity index (χ3n) is 29.9. The van der Waals surface area contributed by atoms with Gasteiger partial charge < -0.3 is 17.7 Å². The topological polar surface area (TPSA) is 52.6 Å². The average molecular weight is 1850 g/mol. The van der Waals surface area contributed by atoms with E-state index in [0.717, 1.165) is 121 Å². The zero-order chi connectivity index (χ0) is 95.7. The van der Waals surface area contributed by atoms with E-state index in [4.69, 9.17) is 17.7 Å². The maximum atomic E-state index is 6.89. The predicted octanol–water partition coefficient (Wildman–Crippen LogP) is 40.5. The molecule has 0 aliphatic rings. The van der Waals surface area contributed by atoms with Crippen LogP contribution in [0.2, 0.25) is 0 Å². The number of furan rings is 4. The molecular formula is C141H88O4. The first-order valence-corrected chi connectivity index (χ1v) is 49.8. The van der Waals surface area contributed by atoms with Crippen LogP contribution in [0.5, 0.6) is 0 Å². The van der Waals surface area contributed by atoms with Crippen LogP contribution in [-0.2, 0) is 0 Å². The molecule has 0 unspecified atom stereocenters. The molecule has 0 saturated carbocycles. The molecule has 145 heavy (non-hydrogen) atoms. The highest BCUT2D eigenvalue weighted by atomic mass is 16.3. The molecule has 26 aromatic carbocycles. The van der Waals surface area contributed by atoms with E-state index in [-0.39, 0.29) is 0 Å². The Labute approximate surface area is 836 Å². The van der Waals surface area contributed by atoms with Crippen LogP contribution < -0.4 is 0 Å². The van der Waals surface area contributed by atoms with Crippen molar-refractivity contribution in [3.8, 4) is 122 Å². The van der Waals surface area contributed by atoms with Crippen LogP contribution >= 0.6 is 0 Å². The minimum atomic E-state index is 0.884. The van der Waals surface area contributed by atoms with Gasteiger partial charge in [0.1, 0.15) is 44.7 Å². The zero-order valence-electron chi connectivity index (χ0n) is 79.2. The second-order valence-electron chi connectivity index (χ2n) is 38.0. The van der Waals surface area contributed by atoms with Crippen molar-refractivity contribution >= 4 is 174 Å². The van der Waals surface area contributed by atoms with E-state index in [1.54, 1.807) is 0 Å². The number of hydrogen-bond acceptors (Lipinski definition) is 4. The van der Waals surface area contributed by atoms with Crippen molar-refractivity contribution in [2.45, 2.75) is 6.92 Å². The van der Waals surface area contributed by atoms with Gasteiger partial charge in [-0.3, -0.25) is 0 Å². The molecule has 30 aromatic rings. The van der Waals surface area contributed by atoms with Crippen molar-refractivity contribution in [3.05, 3.63) is 521 Å². The SMILES string of the molecule is Cc1ccc(-c2c3ccccc3c(-c3ccc(-c4cc5ccccc5c5ccccc45)c4oc5ccccc5c34)c3ccccc23)cc1.c1ccc(-c2cccc(-c3c4ccccc4c(-c4ccc(-c5ccccc5)c5oc6ccccc6c45)c4ccccc34)c2)cc1.c1ccc(-c2ccccc2-c2ccc(-c3c4ccccc4c(-c4ccc5oc6ccccc6c5c4)c4ccccc34)c3c2oc2ccccc23)cc1. The van der Waals surface area contributed by atoms with E-state index < -0.39 is 0 Å². The van der Waals surface area contributed by atoms with Gasteiger partial charge in [0.15, 0.2) is 0 Å². The van der Waals surface area contributed by atoms with Crippen molar-refractivity contribution in [3.63, 3.8) is 0 Å². The minimum absolute atomic E-state index is 0.884. The Bertz CT molecular complexity index is 10300. The molecule has 30 rings (SSSR count). The first-order chi connectivity index (χ1) is 71.9. The van der Waals surface area contributed by atoms with E-state index in [0.29, 0.717) is 0 Å². The van der Waals surface area contributed by atoms with Gasteiger partial charge in [-0.25, -0.2) is 0 Å². The molecule has 0 aliphatic heterocycles. The summed E-state index contributed by atoms with van der Waals surface area (Å²) in [6.07, 6.45) is 0. The summed E-state index contributed by atoms with van der Waals surface area (Å²) in [4.78, 5) is 0. The molecule has 0 N–H and O–H groups in total. The van der Waals surface area contributed by atoms with Gasteiger partial charge >= 0.3 is 0 Å². The summed E-state index contributed by atoms with van der Waals surface area (Å²) in [5, 5.41) is 28.8. The minimum Gasteiger partial charge on any atom is -0.456 e. The number of benzene rings is 26. The van der Waals surface area contributed by atoms with Crippen LogP contribution in [0.15, 0.2) is 533 Å². The van der Waals surface area contributed by atoms with Gasteiger partial charge in [-0.2, -0.15) is 0 Å². The number of fused-ring (bicyclic) bond motifs is 21. The van der Waals surface area contributed by atoms with Gasteiger partial charge in [-0.1, -0.05) is 454 Å². The standard InChI is InChI=1S/C50H30O2.C47H30O.C44H28O/c1-2-14-31(15-3-1)33-16-4-5-17-34(33)40-27-28-42(49-41-23-11-13-25-45(41)52-50(40)49)48-38-21-8-6-19-36(38)47(37-20-7-9-22-39(37)48)32-26-29-46-43(30-32)35-18-10-12-24-44(35)51-46;1-29-22-24-30(25-23-29)44-35-16-6-8-18-37(35)45(38-19-9-7-17-36(38)44)41-27-26-39(47-46(41)40-20-10-11-21-43(40)48-47)42-28-31-12-2-3-13-32(31)33-14-4-5-15-34(33)42;1-3-14-29(15-4-1)31-18-13-19-32(28-31)41-34-20-7-9-22-36(34)42(37-23-10-8-21-35(37)41)39-27-26-33(30-16-5-2-6-17-30)44-43(39)38-24-11-12-25-40(38)45-44/h1-30H;2-28H,1H3;1-28H. The second kappa shape index (κ2) is 34.8. The average Bonchev–Trinajstić information content (AvgIpc) is 0.771. The molecule has 0 amide bonds. The van der Waals surface area contributed by atoms with E-state index in [1.807, 2.05) is 12.1 Å². The summed E-state index contributed by atoms with van der Waals surface area (Å²) in [7, 11) is 0. The van der Waals surface area contributed by atoms with Crippen molar-refractivity contribution in [1.82, 2.24) is 0 Å². The van der Waals surface area contributed by atoms with Crippen LogP contribution in [0.1, 0.15) is 5.56 Å². The lowest BCUT2D eigenvalue weighted by molar-refractivity contribution is 0.669. The maximum Gasteiger partial charge on any atom is 0.143 e. The first kappa shape index (κ1) is 84.1. The molecule has 4 nitrogen and oxygen atoms in total. The molecule has 0 fully saturated rings. The van der Waals surface area contributed by atoms with E-state index >= 15 is 0 Å². The normalized spacial score (nSPS) is 11.8. The van der Waals surface area contributed by atoms with Gasteiger partial charge in [0.05, 0.1) is 0 Å². The van der Waals surface area contributed by atoms with Crippen LogP contribution in [-0.4, -0.2) is 0 Å². The highest BCUT2D eigenvalue weighted by Crippen LogP contribution is 2.56. The number of rotatable bonds is 11. The lowest BCUT2D eigenvalue weighted by atomic mass is 9.84. The molecule has 676 valence electrons. The van der Waals surface area contributed by atoms with Crippen molar-refractivity contribution in [2.24, 2.45) is 0 Å². The molecule has 4 aromatic heterocycles. The van der Waals surface area contributed by atoms with Crippen LogP contribution in [0, 0.1) is 6.92 Å². The lowest BCUT2D eigenvalue weighted by Crippen LogP contribution is -1.92. The fraction of sp³-hybridized carbons (Fsp3) is 0.00709. The Kier molecular flexibility index (Phi) is 20.2. The summed E-state index contributed by atoms with van der Waals surface area (Å²) in [5.74, 6) is 0. The van der Waals surface area contributed by atoms with E-state index in [2.05, 4.69) is 510 Å². The number of aryl methyl sites for hydroxylation is 1. The van der Waals surface area contributed by atoms with Gasteiger partial charge in [0.25, 0.3) is 0 Å². The third-order valence-corrected chi connectivity index (χ3v) is 29.9. The van der Waals surface area contributed by atoms with Gasteiger partial charge in [0, 0.05) is 59.8 Å². The van der Waals surface area contributed by atoms with Crippen molar-refractivity contribution in [2.75, 3.05) is 0 Å². The smallest absolute Gasteiger partial charge is 0.143 e. The van der Waals surface area contributed by atoms with Gasteiger partial charge in [-0.15, -0.1) is 0 Å². The monoisotopic (exact) mass is 1840 g/mol.